The molecule has 0 atom stereocenters. The summed E-state index contributed by atoms with van der Waals surface area (Å²) in [6.45, 7) is 0.639. The molecule has 0 radical (unpaired) electrons. The van der Waals surface area contributed by atoms with Crippen LogP contribution in [0.1, 0.15) is 22.4 Å². The topological polar surface area (TPSA) is 63.7 Å². The summed E-state index contributed by atoms with van der Waals surface area (Å²) >= 11 is 0. The summed E-state index contributed by atoms with van der Waals surface area (Å²) in [6.07, 6.45) is 5.60. The van der Waals surface area contributed by atoms with Gasteiger partial charge in [0.05, 0.1) is 31.5 Å². The molecule has 0 bridgehead atoms. The van der Waals surface area contributed by atoms with Gasteiger partial charge in [-0.15, -0.1) is 5.10 Å². The Labute approximate surface area is 140 Å². The number of rotatable bonds is 5. The van der Waals surface area contributed by atoms with E-state index in [-0.39, 0.29) is 0 Å². The molecule has 0 spiro atoms. The first kappa shape index (κ1) is 15.5. The van der Waals surface area contributed by atoms with Gasteiger partial charge in [-0.25, -0.2) is 4.68 Å². The Kier molecular flexibility index (Phi) is 4.68. The van der Waals surface area contributed by atoms with Crippen LogP contribution in [0.5, 0.6) is 5.75 Å². The van der Waals surface area contributed by atoms with E-state index in [1.54, 1.807) is 17.9 Å². The minimum Gasteiger partial charge on any atom is -0.497 e. The SMILES string of the molecule is COc1ccc(Cn2cc(/C=C/c3ccccc3C#N)nn2)cc1. The van der Waals surface area contributed by atoms with Gasteiger partial charge in [-0.2, -0.15) is 5.26 Å². The quantitative estimate of drug-likeness (QED) is 0.724. The van der Waals surface area contributed by atoms with E-state index < -0.39 is 0 Å². The molecule has 1 aromatic heterocycles. The van der Waals surface area contributed by atoms with Crippen molar-refractivity contribution in [3.8, 4) is 11.8 Å². The Balaban J connectivity index is 1.71. The van der Waals surface area contributed by atoms with Crippen LogP contribution in [0.3, 0.4) is 0 Å². The lowest BCUT2D eigenvalue weighted by Crippen LogP contribution is -2.00. The monoisotopic (exact) mass is 316 g/mol. The third-order valence-electron chi connectivity index (χ3n) is 3.57. The van der Waals surface area contributed by atoms with Crippen molar-refractivity contribution < 1.29 is 4.74 Å². The Morgan fingerprint density at radius 2 is 1.92 bits per heavy atom. The zero-order valence-corrected chi connectivity index (χ0v) is 13.3. The molecule has 3 aromatic rings. The molecule has 0 amide bonds. The van der Waals surface area contributed by atoms with Gasteiger partial charge in [0, 0.05) is 0 Å². The van der Waals surface area contributed by atoms with Crippen LogP contribution < -0.4 is 4.74 Å². The molecule has 0 unspecified atom stereocenters. The maximum Gasteiger partial charge on any atom is 0.118 e. The second kappa shape index (κ2) is 7.25. The molecule has 0 fully saturated rings. The zero-order valence-electron chi connectivity index (χ0n) is 13.3. The number of hydrogen-bond acceptors (Lipinski definition) is 4. The van der Waals surface area contributed by atoms with Crippen LogP contribution in [0, 0.1) is 11.3 Å². The molecule has 2 aromatic carbocycles. The summed E-state index contributed by atoms with van der Waals surface area (Å²) in [6, 6.07) is 17.5. The lowest BCUT2D eigenvalue weighted by Gasteiger charge is -2.02. The van der Waals surface area contributed by atoms with Crippen molar-refractivity contribution in [1.29, 1.82) is 5.26 Å². The molecule has 0 saturated heterocycles. The summed E-state index contributed by atoms with van der Waals surface area (Å²) in [7, 11) is 1.65. The van der Waals surface area contributed by atoms with E-state index in [4.69, 9.17) is 10.00 Å². The molecule has 0 saturated carbocycles. The Morgan fingerprint density at radius 1 is 1.12 bits per heavy atom. The van der Waals surface area contributed by atoms with E-state index in [1.807, 2.05) is 60.8 Å². The molecule has 0 aliphatic rings. The van der Waals surface area contributed by atoms with Gasteiger partial charge in [0.15, 0.2) is 0 Å². The number of aromatic nitrogens is 3. The van der Waals surface area contributed by atoms with Gasteiger partial charge in [0.1, 0.15) is 11.4 Å². The van der Waals surface area contributed by atoms with Gasteiger partial charge in [-0.3, -0.25) is 0 Å². The van der Waals surface area contributed by atoms with Gasteiger partial charge in [0.25, 0.3) is 0 Å². The summed E-state index contributed by atoms with van der Waals surface area (Å²) in [5.74, 6) is 0.831. The van der Waals surface area contributed by atoms with Crippen LogP contribution in [0.4, 0.5) is 0 Å². The molecule has 0 aliphatic heterocycles. The van der Waals surface area contributed by atoms with Gasteiger partial charge in [-0.1, -0.05) is 41.6 Å². The largest absolute Gasteiger partial charge is 0.497 e. The molecular weight excluding hydrogens is 300 g/mol. The van der Waals surface area contributed by atoms with Gasteiger partial charge >= 0.3 is 0 Å². The lowest BCUT2D eigenvalue weighted by molar-refractivity contribution is 0.414. The minimum absolute atomic E-state index is 0.638. The van der Waals surface area contributed by atoms with E-state index in [9.17, 15) is 0 Å². The van der Waals surface area contributed by atoms with Crippen LogP contribution in [0.25, 0.3) is 12.2 Å². The first-order valence-electron chi connectivity index (χ1n) is 7.49. The van der Waals surface area contributed by atoms with Gasteiger partial charge < -0.3 is 4.74 Å². The first-order chi connectivity index (χ1) is 11.8. The standard InChI is InChI=1S/C19H16N4O/c1-24-19-10-6-15(7-11-19)13-23-14-18(21-22-23)9-8-16-4-2-3-5-17(16)12-20/h2-11,14H,13H2,1H3/b9-8+. The molecule has 3 rings (SSSR count). The van der Waals surface area contributed by atoms with E-state index in [2.05, 4.69) is 16.4 Å². The smallest absolute Gasteiger partial charge is 0.118 e. The second-order valence-electron chi connectivity index (χ2n) is 5.22. The summed E-state index contributed by atoms with van der Waals surface area (Å²) in [5.41, 5.74) is 3.37. The van der Waals surface area contributed by atoms with Crippen LogP contribution in [0.15, 0.2) is 54.7 Å². The van der Waals surface area contributed by atoms with Gasteiger partial charge in [0.2, 0.25) is 0 Å². The van der Waals surface area contributed by atoms with Crippen molar-refractivity contribution in [3.63, 3.8) is 0 Å². The Bertz CT molecular complexity index is 888. The van der Waals surface area contributed by atoms with Crippen molar-refractivity contribution in [3.05, 3.63) is 77.1 Å². The summed E-state index contributed by atoms with van der Waals surface area (Å²) < 4.78 is 6.93. The average molecular weight is 316 g/mol. The number of benzene rings is 2. The highest BCUT2D eigenvalue weighted by atomic mass is 16.5. The van der Waals surface area contributed by atoms with Crippen molar-refractivity contribution in [2.45, 2.75) is 6.54 Å². The Morgan fingerprint density at radius 3 is 2.67 bits per heavy atom. The molecule has 0 N–H and O–H groups in total. The van der Waals surface area contributed by atoms with E-state index >= 15 is 0 Å². The number of nitrogens with zero attached hydrogens (tertiary/aromatic N) is 4. The molecule has 24 heavy (non-hydrogen) atoms. The predicted molar refractivity (Wildman–Crippen MR) is 92.2 cm³/mol. The van der Waals surface area contributed by atoms with E-state index in [1.165, 1.54) is 0 Å². The number of ether oxygens (including phenoxy) is 1. The molecular formula is C19H16N4O. The minimum atomic E-state index is 0.638. The van der Waals surface area contributed by atoms with Crippen molar-refractivity contribution in [2.75, 3.05) is 7.11 Å². The third-order valence-corrected chi connectivity index (χ3v) is 3.57. The highest BCUT2D eigenvalue weighted by Crippen LogP contribution is 2.13. The fourth-order valence-electron chi connectivity index (χ4n) is 2.30. The molecule has 5 nitrogen and oxygen atoms in total. The normalized spacial score (nSPS) is 10.7. The van der Waals surface area contributed by atoms with Crippen LogP contribution in [-0.4, -0.2) is 22.1 Å². The van der Waals surface area contributed by atoms with Crippen molar-refractivity contribution in [1.82, 2.24) is 15.0 Å². The highest BCUT2D eigenvalue weighted by molar-refractivity contribution is 5.70. The highest BCUT2D eigenvalue weighted by Gasteiger charge is 2.01. The molecule has 0 aliphatic carbocycles. The molecule has 5 heteroatoms. The van der Waals surface area contributed by atoms with Crippen LogP contribution in [-0.2, 0) is 6.54 Å². The fraction of sp³-hybridized carbons (Fsp3) is 0.105. The third kappa shape index (κ3) is 3.68. The van der Waals surface area contributed by atoms with Gasteiger partial charge in [-0.05, 0) is 35.4 Å². The number of hydrogen-bond donors (Lipinski definition) is 0. The summed E-state index contributed by atoms with van der Waals surface area (Å²) in [4.78, 5) is 0. The molecule has 1 heterocycles. The fourth-order valence-corrected chi connectivity index (χ4v) is 2.30. The maximum atomic E-state index is 9.10. The first-order valence-corrected chi connectivity index (χ1v) is 7.49. The van der Waals surface area contributed by atoms with Crippen LogP contribution >= 0.6 is 0 Å². The maximum absolute atomic E-state index is 9.10. The van der Waals surface area contributed by atoms with E-state index in [0.29, 0.717) is 12.1 Å². The average Bonchev–Trinajstić information content (AvgIpc) is 3.08. The van der Waals surface area contributed by atoms with Crippen molar-refractivity contribution in [2.24, 2.45) is 0 Å². The van der Waals surface area contributed by atoms with Crippen molar-refractivity contribution >= 4 is 12.2 Å². The Hall–Kier alpha value is -3.39. The molecule has 118 valence electrons. The number of methoxy groups -OCH3 is 1. The lowest BCUT2D eigenvalue weighted by atomic mass is 10.1. The number of nitriles is 1. The predicted octanol–water partition coefficient (Wildman–Crippen LogP) is 3.38. The van der Waals surface area contributed by atoms with E-state index in [0.717, 1.165) is 22.6 Å². The second-order valence-corrected chi connectivity index (χ2v) is 5.22. The summed E-state index contributed by atoms with van der Waals surface area (Å²) in [5, 5.41) is 17.4. The van der Waals surface area contributed by atoms with Crippen LogP contribution in [0.2, 0.25) is 0 Å². The zero-order chi connectivity index (χ0) is 16.8.